The molecule has 2 atom stereocenters. The highest BCUT2D eigenvalue weighted by molar-refractivity contribution is 5.26. The third-order valence-corrected chi connectivity index (χ3v) is 5.46. The molecule has 0 heterocycles. The van der Waals surface area contributed by atoms with Crippen molar-refractivity contribution in [3.8, 4) is 6.07 Å². The lowest BCUT2D eigenvalue weighted by molar-refractivity contribution is 0.276. The van der Waals surface area contributed by atoms with Crippen LogP contribution in [-0.4, -0.2) is 24.2 Å². The molecule has 1 saturated carbocycles. The highest BCUT2D eigenvalue weighted by atomic mass is 19.1. The van der Waals surface area contributed by atoms with Crippen molar-refractivity contribution in [1.82, 2.24) is 4.90 Å². The van der Waals surface area contributed by atoms with Crippen LogP contribution >= 0.6 is 0 Å². The minimum Gasteiger partial charge on any atom is -0.299 e. The summed E-state index contributed by atoms with van der Waals surface area (Å²) in [5.41, 5.74) is 4.11. The van der Waals surface area contributed by atoms with Gasteiger partial charge >= 0.3 is 0 Å². The Morgan fingerprint density at radius 2 is 1.71 bits per heavy atom. The molecule has 1 fully saturated rings. The number of rotatable bonds is 8. The molecule has 3 heteroatoms. The van der Waals surface area contributed by atoms with E-state index in [0.29, 0.717) is 12.3 Å². The largest absolute Gasteiger partial charge is 0.299 e. The molecule has 3 rings (SSSR count). The van der Waals surface area contributed by atoms with Crippen molar-refractivity contribution in [1.29, 1.82) is 5.26 Å². The van der Waals surface area contributed by atoms with Crippen LogP contribution in [0.4, 0.5) is 4.39 Å². The Morgan fingerprint density at radius 3 is 2.29 bits per heavy atom. The van der Waals surface area contributed by atoms with E-state index in [9.17, 15) is 4.39 Å². The molecule has 2 aromatic rings. The van der Waals surface area contributed by atoms with Crippen molar-refractivity contribution in [2.45, 2.75) is 64.6 Å². The number of alkyl halides is 1. The molecule has 0 aliphatic heterocycles. The molecule has 28 heavy (non-hydrogen) atoms. The summed E-state index contributed by atoms with van der Waals surface area (Å²) in [4.78, 5) is 2.50. The first kappa shape index (κ1) is 22.1. The van der Waals surface area contributed by atoms with Gasteiger partial charge in [0.05, 0.1) is 6.07 Å². The van der Waals surface area contributed by atoms with E-state index in [1.165, 1.54) is 30.0 Å². The smallest absolute Gasteiger partial charge is 0.101 e. The van der Waals surface area contributed by atoms with Crippen LogP contribution in [0.5, 0.6) is 0 Å². The predicted octanol–water partition coefficient (Wildman–Crippen LogP) is 6.28. The van der Waals surface area contributed by atoms with Crippen LogP contribution in [-0.2, 0) is 13.0 Å². The summed E-state index contributed by atoms with van der Waals surface area (Å²) in [5.74, 6) is 0.436. The molecule has 0 aromatic heterocycles. The molecule has 2 nitrogen and oxygen atoms in total. The number of nitrogens with zero attached hydrogens (tertiary/aromatic N) is 2. The maximum atomic E-state index is 13.4. The first-order valence-electron chi connectivity index (χ1n) is 10.5. The molecule has 0 N–H and O–H groups in total. The average Bonchev–Trinajstić information content (AvgIpc) is 3.15. The number of halogens is 1. The van der Waals surface area contributed by atoms with E-state index < -0.39 is 6.17 Å². The zero-order valence-corrected chi connectivity index (χ0v) is 17.3. The van der Waals surface area contributed by atoms with Crippen molar-refractivity contribution in [3.05, 3.63) is 71.3 Å². The number of hydrogen-bond acceptors (Lipinski definition) is 2. The molecular weight excluding hydrogens is 347 g/mol. The summed E-state index contributed by atoms with van der Waals surface area (Å²) in [6, 6.07) is 21.4. The third kappa shape index (κ3) is 7.44. The van der Waals surface area contributed by atoms with Gasteiger partial charge in [0, 0.05) is 13.5 Å². The number of nitriles is 1. The van der Waals surface area contributed by atoms with Crippen LogP contribution in [0, 0.1) is 11.3 Å². The summed E-state index contributed by atoms with van der Waals surface area (Å²) in [5, 5.41) is 7.32. The molecule has 1 aliphatic rings. The second-order valence-electron chi connectivity index (χ2n) is 7.53. The lowest BCUT2D eigenvalue weighted by atomic mass is 9.96. The van der Waals surface area contributed by atoms with Crippen LogP contribution in [0.3, 0.4) is 0 Å². The monoisotopic (exact) mass is 380 g/mol. The molecule has 0 radical (unpaired) electrons. The van der Waals surface area contributed by atoms with Crippen LogP contribution in [0.25, 0.3) is 0 Å². The maximum absolute atomic E-state index is 13.4. The van der Waals surface area contributed by atoms with E-state index in [2.05, 4.69) is 66.4 Å². The van der Waals surface area contributed by atoms with Crippen molar-refractivity contribution in [2.24, 2.45) is 0 Å². The van der Waals surface area contributed by atoms with E-state index in [1.54, 1.807) is 6.07 Å². The van der Waals surface area contributed by atoms with Gasteiger partial charge in [-0.05, 0) is 67.8 Å². The SMILES string of the molecule is CC#N.CCN(CCCc1ccc(C2CCC(F)C2)cc1)Cc1ccccc1. The van der Waals surface area contributed by atoms with Crippen molar-refractivity contribution in [3.63, 3.8) is 0 Å². The summed E-state index contributed by atoms with van der Waals surface area (Å²) in [6.07, 6.45) is 4.16. The Morgan fingerprint density at radius 1 is 1.04 bits per heavy atom. The van der Waals surface area contributed by atoms with Gasteiger partial charge in [-0.25, -0.2) is 4.39 Å². The minimum absolute atomic E-state index is 0.436. The Bertz CT molecular complexity index is 706. The second-order valence-corrected chi connectivity index (χ2v) is 7.53. The van der Waals surface area contributed by atoms with Crippen LogP contribution in [0.2, 0.25) is 0 Å². The van der Waals surface area contributed by atoms with E-state index in [0.717, 1.165) is 38.9 Å². The fourth-order valence-electron chi connectivity index (χ4n) is 3.88. The quantitative estimate of drug-likeness (QED) is 0.539. The first-order chi connectivity index (χ1) is 13.7. The normalized spacial score (nSPS) is 18.4. The number of benzene rings is 2. The van der Waals surface area contributed by atoms with Crippen LogP contribution in [0.1, 0.15) is 62.1 Å². The van der Waals surface area contributed by atoms with Gasteiger partial charge < -0.3 is 0 Å². The van der Waals surface area contributed by atoms with E-state index >= 15 is 0 Å². The molecule has 0 spiro atoms. The highest BCUT2D eigenvalue weighted by Gasteiger charge is 2.25. The van der Waals surface area contributed by atoms with Crippen molar-refractivity contribution < 1.29 is 4.39 Å². The van der Waals surface area contributed by atoms with E-state index in [-0.39, 0.29) is 0 Å². The van der Waals surface area contributed by atoms with Crippen molar-refractivity contribution >= 4 is 0 Å². The first-order valence-corrected chi connectivity index (χ1v) is 10.5. The lowest BCUT2D eigenvalue weighted by Gasteiger charge is -2.20. The Hall–Kier alpha value is -2.18. The van der Waals surface area contributed by atoms with Gasteiger partial charge in [0.1, 0.15) is 6.17 Å². The third-order valence-electron chi connectivity index (χ3n) is 5.46. The average molecular weight is 381 g/mol. The number of aryl methyl sites for hydroxylation is 1. The fraction of sp³-hybridized carbons (Fsp3) is 0.480. The highest BCUT2D eigenvalue weighted by Crippen LogP contribution is 2.36. The summed E-state index contributed by atoms with van der Waals surface area (Å²) < 4.78 is 13.4. The summed E-state index contributed by atoms with van der Waals surface area (Å²) in [7, 11) is 0. The van der Waals surface area contributed by atoms with Gasteiger partial charge in [-0.3, -0.25) is 4.90 Å². The van der Waals surface area contributed by atoms with E-state index in [4.69, 9.17) is 5.26 Å². The molecule has 2 unspecified atom stereocenters. The van der Waals surface area contributed by atoms with E-state index in [1.807, 2.05) is 0 Å². The molecule has 2 aromatic carbocycles. The van der Waals surface area contributed by atoms with Gasteiger partial charge in [0.15, 0.2) is 0 Å². The molecule has 150 valence electrons. The zero-order valence-electron chi connectivity index (χ0n) is 17.3. The standard InChI is InChI=1S/C23H30FN.C2H3N/c1-2-25(18-20-7-4-3-5-8-20)16-6-9-19-10-12-21(13-11-19)22-14-15-23(24)17-22;1-2-3/h3-5,7-8,10-13,22-23H,2,6,9,14-18H2,1H3;1H3. The minimum atomic E-state index is -0.589. The van der Waals surface area contributed by atoms with Gasteiger partial charge in [-0.15, -0.1) is 0 Å². The summed E-state index contributed by atoms with van der Waals surface area (Å²) >= 11 is 0. The molecule has 0 amide bonds. The van der Waals surface area contributed by atoms with Crippen LogP contribution in [0.15, 0.2) is 54.6 Å². The van der Waals surface area contributed by atoms with Gasteiger partial charge in [0.25, 0.3) is 0 Å². The Balaban J connectivity index is 0.000000878. The van der Waals surface area contributed by atoms with Crippen LogP contribution < -0.4 is 0 Å². The zero-order chi connectivity index (χ0) is 20.2. The van der Waals surface area contributed by atoms with Gasteiger partial charge in [-0.2, -0.15) is 5.26 Å². The van der Waals surface area contributed by atoms with Crippen molar-refractivity contribution in [2.75, 3.05) is 13.1 Å². The topological polar surface area (TPSA) is 27.0 Å². The second kappa shape index (κ2) is 12.3. The summed E-state index contributed by atoms with van der Waals surface area (Å²) in [6.45, 7) is 6.90. The molecule has 1 aliphatic carbocycles. The Kier molecular flexibility index (Phi) is 9.72. The molecular formula is C25H33FN2. The fourth-order valence-corrected chi connectivity index (χ4v) is 3.88. The maximum Gasteiger partial charge on any atom is 0.101 e. The predicted molar refractivity (Wildman–Crippen MR) is 115 cm³/mol. The van der Waals surface area contributed by atoms with Gasteiger partial charge in [0.2, 0.25) is 0 Å². The van der Waals surface area contributed by atoms with Gasteiger partial charge in [-0.1, -0.05) is 61.5 Å². The lowest BCUT2D eigenvalue weighted by Crippen LogP contribution is -2.24. The number of hydrogen-bond donors (Lipinski definition) is 0. The molecule has 0 saturated heterocycles. The Labute approximate surface area is 170 Å². The molecule has 0 bridgehead atoms.